The summed E-state index contributed by atoms with van der Waals surface area (Å²) in [6, 6.07) is -0.911. The zero-order valence-electron chi connectivity index (χ0n) is 13.7. The average Bonchev–Trinajstić information content (AvgIpc) is 2.51. The molecule has 0 heterocycles. The van der Waals surface area contributed by atoms with Crippen molar-refractivity contribution in [1.82, 2.24) is 10.6 Å². The van der Waals surface area contributed by atoms with Crippen LogP contribution in [0.25, 0.3) is 0 Å². The fraction of sp³-hybridized carbons (Fsp3) is 0.467. The van der Waals surface area contributed by atoms with Crippen molar-refractivity contribution in [3.63, 3.8) is 0 Å². The van der Waals surface area contributed by atoms with Crippen molar-refractivity contribution >= 4 is 35.4 Å². The Morgan fingerprint density at radius 3 is 2.29 bits per heavy atom. The van der Waals surface area contributed by atoms with E-state index in [0.29, 0.717) is 11.3 Å². The zero-order chi connectivity index (χ0) is 18.7. The molecule has 0 aromatic carbocycles. The van der Waals surface area contributed by atoms with Crippen LogP contribution in [0.15, 0.2) is 24.8 Å². The molecule has 24 heavy (non-hydrogen) atoms. The third kappa shape index (κ3) is 9.67. The van der Waals surface area contributed by atoms with Gasteiger partial charge in [0.1, 0.15) is 6.04 Å². The van der Waals surface area contributed by atoms with Crippen LogP contribution in [0.3, 0.4) is 0 Å². The summed E-state index contributed by atoms with van der Waals surface area (Å²) in [5.74, 6) is -1.85. The Bertz CT molecular complexity index is 522. The van der Waals surface area contributed by atoms with Crippen LogP contribution in [-0.2, 0) is 19.2 Å². The molecule has 9 heteroatoms. The van der Waals surface area contributed by atoms with Gasteiger partial charge in [-0.1, -0.05) is 31.7 Å². The molecule has 0 aliphatic heterocycles. The number of nitrogens with one attached hydrogen (secondary N) is 2. The van der Waals surface area contributed by atoms with Gasteiger partial charge >= 0.3 is 0 Å². The summed E-state index contributed by atoms with van der Waals surface area (Å²) < 4.78 is 0. The monoisotopic (exact) mass is 356 g/mol. The molecule has 0 aliphatic carbocycles. The normalized spacial score (nSPS) is 12.5. The lowest BCUT2D eigenvalue weighted by Crippen LogP contribution is -2.48. The minimum Gasteiger partial charge on any atom is -0.369 e. The lowest BCUT2D eigenvalue weighted by atomic mass is 10.1. The highest BCUT2D eigenvalue weighted by Gasteiger charge is 2.18. The van der Waals surface area contributed by atoms with E-state index in [1.165, 1.54) is 17.8 Å². The Hall–Kier alpha value is -2.29. The molecule has 0 bridgehead atoms. The van der Waals surface area contributed by atoms with E-state index in [-0.39, 0.29) is 30.5 Å². The first-order valence-corrected chi connectivity index (χ1v) is 8.35. The smallest absolute Gasteiger partial charge is 0.240 e. The van der Waals surface area contributed by atoms with E-state index in [1.807, 2.05) is 0 Å². The van der Waals surface area contributed by atoms with Gasteiger partial charge in [0.05, 0.1) is 12.3 Å². The summed E-state index contributed by atoms with van der Waals surface area (Å²) in [4.78, 5) is 45.5. The number of hydrogen-bond donors (Lipinski definition) is 4. The van der Waals surface area contributed by atoms with Crippen molar-refractivity contribution in [2.45, 2.75) is 19.4 Å². The number of rotatable bonds is 12. The van der Waals surface area contributed by atoms with Gasteiger partial charge < -0.3 is 22.1 Å². The molecule has 6 N–H and O–H groups in total. The van der Waals surface area contributed by atoms with E-state index in [2.05, 4.69) is 23.8 Å². The molecular formula is C15H24N4O4S. The lowest BCUT2D eigenvalue weighted by molar-refractivity contribution is -0.128. The van der Waals surface area contributed by atoms with Crippen LogP contribution in [0, 0.1) is 5.92 Å². The van der Waals surface area contributed by atoms with Crippen molar-refractivity contribution in [3.8, 4) is 0 Å². The lowest BCUT2D eigenvalue weighted by Gasteiger charge is -2.15. The van der Waals surface area contributed by atoms with Crippen molar-refractivity contribution in [2.75, 3.05) is 18.1 Å². The quantitative estimate of drug-likeness (QED) is 0.334. The Morgan fingerprint density at radius 2 is 1.79 bits per heavy atom. The van der Waals surface area contributed by atoms with Gasteiger partial charge in [-0.25, -0.2) is 0 Å². The first kappa shape index (κ1) is 21.7. The van der Waals surface area contributed by atoms with Gasteiger partial charge in [0.2, 0.25) is 23.6 Å². The molecule has 4 amide bonds. The topological polar surface area (TPSA) is 144 Å². The summed E-state index contributed by atoms with van der Waals surface area (Å²) in [7, 11) is 0. The van der Waals surface area contributed by atoms with Crippen LogP contribution in [0.5, 0.6) is 0 Å². The summed E-state index contributed by atoms with van der Waals surface area (Å²) in [5, 5.41) is 4.84. The number of amides is 4. The number of allylic oxidation sites excluding steroid dienone is 1. The highest BCUT2D eigenvalue weighted by molar-refractivity contribution is 7.99. The largest absolute Gasteiger partial charge is 0.369 e. The number of nitrogens with two attached hydrogens (primary N) is 2. The van der Waals surface area contributed by atoms with E-state index in [1.54, 1.807) is 6.92 Å². The van der Waals surface area contributed by atoms with Crippen LogP contribution in [0.1, 0.15) is 13.3 Å². The van der Waals surface area contributed by atoms with E-state index in [4.69, 9.17) is 11.5 Å². The maximum absolute atomic E-state index is 11.7. The molecule has 1 unspecified atom stereocenters. The molecule has 0 aliphatic rings. The van der Waals surface area contributed by atoms with Crippen molar-refractivity contribution in [2.24, 2.45) is 17.4 Å². The number of hydrogen-bond acceptors (Lipinski definition) is 5. The minimum absolute atomic E-state index is 0.0947. The second-order valence-corrected chi connectivity index (χ2v) is 6.21. The summed E-state index contributed by atoms with van der Waals surface area (Å²) in [5.41, 5.74) is 10.9. The number of carbonyl (C=O) groups excluding carboxylic acids is 4. The summed E-state index contributed by atoms with van der Waals surface area (Å²) in [6.45, 7) is 8.55. The second-order valence-electron chi connectivity index (χ2n) is 5.18. The van der Waals surface area contributed by atoms with E-state index in [9.17, 15) is 19.2 Å². The molecule has 0 fully saturated rings. The van der Waals surface area contributed by atoms with Gasteiger partial charge in [-0.3, -0.25) is 19.2 Å². The van der Waals surface area contributed by atoms with Crippen LogP contribution in [0.2, 0.25) is 0 Å². The number of carbonyl (C=O) groups is 4. The van der Waals surface area contributed by atoms with Gasteiger partial charge in [0, 0.05) is 18.1 Å². The first-order chi connectivity index (χ1) is 11.2. The van der Waals surface area contributed by atoms with Crippen LogP contribution in [-0.4, -0.2) is 47.7 Å². The Labute approximate surface area is 145 Å². The predicted octanol–water partition coefficient (Wildman–Crippen LogP) is -0.940. The van der Waals surface area contributed by atoms with Crippen molar-refractivity contribution in [3.05, 3.63) is 24.8 Å². The van der Waals surface area contributed by atoms with Crippen LogP contribution >= 0.6 is 11.8 Å². The highest BCUT2D eigenvalue weighted by Crippen LogP contribution is 2.07. The first-order valence-electron chi connectivity index (χ1n) is 7.20. The molecule has 0 aromatic heterocycles. The van der Waals surface area contributed by atoms with Gasteiger partial charge in [0.15, 0.2) is 0 Å². The molecule has 0 aromatic rings. The molecule has 0 rings (SSSR count). The molecular weight excluding hydrogens is 332 g/mol. The van der Waals surface area contributed by atoms with Gasteiger partial charge in [-0.2, -0.15) is 11.8 Å². The Morgan fingerprint density at radius 1 is 1.17 bits per heavy atom. The third-order valence-electron chi connectivity index (χ3n) is 2.97. The second kappa shape index (κ2) is 11.3. The molecule has 0 spiro atoms. The maximum atomic E-state index is 11.7. The minimum atomic E-state index is -0.911. The third-order valence-corrected chi connectivity index (χ3v) is 4.17. The van der Waals surface area contributed by atoms with Crippen LogP contribution in [0.4, 0.5) is 0 Å². The molecule has 134 valence electrons. The van der Waals surface area contributed by atoms with Crippen molar-refractivity contribution in [1.29, 1.82) is 0 Å². The zero-order valence-corrected chi connectivity index (χ0v) is 14.5. The Balaban J connectivity index is 4.16. The standard InChI is InChI=1S/C15H24N4O4S/c1-4-9(2)5-11(15(17)23)19-12(20)6-18-13(21)8-24-7-10(3)14(16)22/h4,10-11H,1-2,5-8H2,3H3,(H2,16,22)(H2,17,23)(H,18,21)(H,19,20)/t10?,11-/m0/s1. The van der Waals surface area contributed by atoms with Crippen molar-refractivity contribution < 1.29 is 19.2 Å². The van der Waals surface area contributed by atoms with Crippen LogP contribution < -0.4 is 22.1 Å². The van der Waals surface area contributed by atoms with E-state index in [0.717, 1.165) is 0 Å². The maximum Gasteiger partial charge on any atom is 0.240 e. The molecule has 0 saturated carbocycles. The SMILES string of the molecule is C=CC(=C)C[C@H](NC(=O)CNC(=O)CSCC(C)C(N)=O)C(N)=O. The van der Waals surface area contributed by atoms with Gasteiger partial charge in [-0.15, -0.1) is 0 Å². The Kier molecular flexibility index (Phi) is 10.2. The predicted molar refractivity (Wildman–Crippen MR) is 93.8 cm³/mol. The molecule has 2 atom stereocenters. The van der Waals surface area contributed by atoms with Gasteiger partial charge in [-0.05, 0) is 0 Å². The molecule has 0 radical (unpaired) electrons. The molecule has 8 nitrogen and oxygen atoms in total. The molecule has 0 saturated heterocycles. The highest BCUT2D eigenvalue weighted by atomic mass is 32.2. The number of primary amides is 2. The number of thioether (sulfide) groups is 1. The summed E-state index contributed by atoms with van der Waals surface area (Å²) >= 11 is 1.24. The van der Waals surface area contributed by atoms with Gasteiger partial charge in [0.25, 0.3) is 0 Å². The fourth-order valence-electron chi connectivity index (χ4n) is 1.45. The van der Waals surface area contributed by atoms with E-state index >= 15 is 0 Å². The van der Waals surface area contributed by atoms with E-state index < -0.39 is 23.8 Å². The fourth-order valence-corrected chi connectivity index (χ4v) is 2.38. The summed E-state index contributed by atoms with van der Waals surface area (Å²) in [6.07, 6.45) is 1.62. The average molecular weight is 356 g/mol.